The number of carbonyl (C=O) groups is 1. The molecule has 16 heavy (non-hydrogen) atoms. The van der Waals surface area contributed by atoms with E-state index in [-0.39, 0.29) is 17.7 Å². The van der Waals surface area contributed by atoms with Gasteiger partial charge in [0.15, 0.2) is 0 Å². The highest BCUT2D eigenvalue weighted by Crippen LogP contribution is 2.15. The maximum absolute atomic E-state index is 11.8. The number of Topliss-reactive ketones (excluding diaryl/α,β-unsaturated/α-hetero) is 1. The molecule has 2 atom stereocenters. The molecular weight excluding hydrogens is 202 g/mol. The van der Waals surface area contributed by atoms with Crippen LogP contribution in [0.3, 0.4) is 0 Å². The normalized spacial score (nSPS) is 14.2. The Labute approximate surface area is 96.6 Å². The molecule has 1 aromatic carbocycles. The Morgan fingerprint density at radius 3 is 2.69 bits per heavy atom. The molecular formula is C13H19NO2. The van der Waals surface area contributed by atoms with Crippen molar-refractivity contribution in [2.75, 3.05) is 7.11 Å². The third kappa shape index (κ3) is 3.35. The number of carbonyl (C=O) groups excluding carboxylic acids is 1. The number of hydrogen-bond donors (Lipinski definition) is 1. The van der Waals surface area contributed by atoms with E-state index in [9.17, 15) is 4.79 Å². The van der Waals surface area contributed by atoms with Gasteiger partial charge < -0.3 is 10.5 Å². The van der Waals surface area contributed by atoms with Gasteiger partial charge >= 0.3 is 0 Å². The molecule has 0 aliphatic carbocycles. The second kappa shape index (κ2) is 5.66. The first-order chi connectivity index (χ1) is 7.54. The molecule has 1 rings (SSSR count). The van der Waals surface area contributed by atoms with Crippen molar-refractivity contribution in [3.63, 3.8) is 0 Å². The van der Waals surface area contributed by atoms with Crippen LogP contribution in [0.1, 0.15) is 19.4 Å². The predicted octanol–water partition coefficient (Wildman–Crippen LogP) is 1.79. The number of nitrogens with two attached hydrogens (primary N) is 1. The monoisotopic (exact) mass is 221 g/mol. The summed E-state index contributed by atoms with van der Waals surface area (Å²) in [7, 11) is 1.62. The van der Waals surface area contributed by atoms with Crippen molar-refractivity contribution in [1.82, 2.24) is 0 Å². The minimum absolute atomic E-state index is 0.0990. The van der Waals surface area contributed by atoms with Gasteiger partial charge in [-0.05, 0) is 24.6 Å². The third-order valence-electron chi connectivity index (χ3n) is 2.81. The first-order valence-corrected chi connectivity index (χ1v) is 5.46. The number of ketones is 1. The fourth-order valence-electron chi connectivity index (χ4n) is 1.44. The second-order valence-corrected chi connectivity index (χ2v) is 4.14. The third-order valence-corrected chi connectivity index (χ3v) is 2.81. The standard InChI is InChI=1S/C13H19NO2/c1-9(10(2)14)13(15)8-11-5-4-6-12(7-11)16-3/h4-7,9-10H,8,14H2,1-3H3. The highest BCUT2D eigenvalue weighted by molar-refractivity contribution is 5.83. The second-order valence-electron chi connectivity index (χ2n) is 4.14. The van der Waals surface area contributed by atoms with E-state index in [2.05, 4.69) is 0 Å². The number of hydrogen-bond acceptors (Lipinski definition) is 3. The SMILES string of the molecule is COc1cccc(CC(=O)C(C)C(C)N)c1. The topological polar surface area (TPSA) is 52.3 Å². The molecule has 3 heteroatoms. The molecule has 0 aliphatic rings. The van der Waals surface area contributed by atoms with Crippen LogP contribution in [-0.4, -0.2) is 18.9 Å². The van der Waals surface area contributed by atoms with E-state index in [0.717, 1.165) is 11.3 Å². The number of ether oxygens (including phenoxy) is 1. The van der Waals surface area contributed by atoms with Crippen molar-refractivity contribution in [2.24, 2.45) is 11.7 Å². The van der Waals surface area contributed by atoms with Gasteiger partial charge in [-0.15, -0.1) is 0 Å². The zero-order valence-electron chi connectivity index (χ0n) is 10.1. The van der Waals surface area contributed by atoms with Crippen molar-refractivity contribution in [3.05, 3.63) is 29.8 Å². The summed E-state index contributed by atoms with van der Waals surface area (Å²) < 4.78 is 5.11. The zero-order chi connectivity index (χ0) is 12.1. The van der Waals surface area contributed by atoms with E-state index in [0.29, 0.717) is 6.42 Å². The zero-order valence-corrected chi connectivity index (χ0v) is 10.1. The van der Waals surface area contributed by atoms with Gasteiger partial charge in [-0.25, -0.2) is 0 Å². The number of methoxy groups -OCH3 is 1. The van der Waals surface area contributed by atoms with Crippen LogP contribution in [0.15, 0.2) is 24.3 Å². The lowest BCUT2D eigenvalue weighted by molar-refractivity contribution is -0.122. The van der Waals surface area contributed by atoms with Gasteiger partial charge in [0.1, 0.15) is 11.5 Å². The molecule has 1 aromatic rings. The summed E-state index contributed by atoms with van der Waals surface area (Å²) in [5.74, 6) is 0.841. The maximum atomic E-state index is 11.8. The van der Waals surface area contributed by atoms with Crippen LogP contribution >= 0.6 is 0 Å². The van der Waals surface area contributed by atoms with Gasteiger partial charge in [-0.1, -0.05) is 19.1 Å². The summed E-state index contributed by atoms with van der Waals surface area (Å²) in [5.41, 5.74) is 6.67. The van der Waals surface area contributed by atoms with E-state index in [4.69, 9.17) is 10.5 Å². The summed E-state index contributed by atoms with van der Waals surface area (Å²) in [6.45, 7) is 3.72. The largest absolute Gasteiger partial charge is 0.497 e. The first-order valence-electron chi connectivity index (χ1n) is 5.46. The minimum atomic E-state index is -0.105. The van der Waals surface area contributed by atoms with Gasteiger partial charge in [0.25, 0.3) is 0 Å². The molecule has 88 valence electrons. The molecule has 3 nitrogen and oxygen atoms in total. The van der Waals surface area contributed by atoms with E-state index < -0.39 is 0 Å². The summed E-state index contributed by atoms with van der Waals surface area (Å²) in [4.78, 5) is 11.8. The summed E-state index contributed by atoms with van der Waals surface area (Å²) >= 11 is 0. The van der Waals surface area contributed by atoms with E-state index in [1.807, 2.05) is 38.1 Å². The molecule has 0 saturated heterocycles. The van der Waals surface area contributed by atoms with Crippen LogP contribution in [0, 0.1) is 5.92 Å². The summed E-state index contributed by atoms with van der Waals surface area (Å²) in [6, 6.07) is 7.46. The van der Waals surface area contributed by atoms with E-state index in [1.54, 1.807) is 7.11 Å². The molecule has 0 aliphatic heterocycles. The Morgan fingerprint density at radius 1 is 1.44 bits per heavy atom. The molecule has 0 amide bonds. The molecule has 2 N–H and O–H groups in total. The van der Waals surface area contributed by atoms with Gasteiger partial charge in [-0.2, -0.15) is 0 Å². The first kappa shape index (κ1) is 12.7. The predicted molar refractivity (Wildman–Crippen MR) is 64.5 cm³/mol. The molecule has 0 radical (unpaired) electrons. The van der Waals surface area contributed by atoms with Crippen LogP contribution in [0.25, 0.3) is 0 Å². The molecule has 0 fully saturated rings. The summed E-state index contributed by atoms with van der Waals surface area (Å²) in [6.07, 6.45) is 0.417. The van der Waals surface area contributed by atoms with Crippen LogP contribution in [0.4, 0.5) is 0 Å². The van der Waals surface area contributed by atoms with Gasteiger partial charge in [0, 0.05) is 18.4 Å². The van der Waals surface area contributed by atoms with Crippen molar-refractivity contribution in [2.45, 2.75) is 26.3 Å². The molecule has 0 bridgehead atoms. The quantitative estimate of drug-likeness (QED) is 0.824. The fourth-order valence-corrected chi connectivity index (χ4v) is 1.44. The molecule has 0 aromatic heterocycles. The number of benzene rings is 1. The average molecular weight is 221 g/mol. The van der Waals surface area contributed by atoms with Gasteiger partial charge in [0.05, 0.1) is 7.11 Å². The Bertz CT molecular complexity index is 361. The molecule has 0 heterocycles. The van der Waals surface area contributed by atoms with Crippen LogP contribution in [0.5, 0.6) is 5.75 Å². The van der Waals surface area contributed by atoms with E-state index >= 15 is 0 Å². The Hall–Kier alpha value is -1.35. The van der Waals surface area contributed by atoms with Crippen LogP contribution in [-0.2, 0) is 11.2 Å². The minimum Gasteiger partial charge on any atom is -0.497 e. The summed E-state index contributed by atoms with van der Waals surface area (Å²) in [5, 5.41) is 0. The maximum Gasteiger partial charge on any atom is 0.141 e. The fraction of sp³-hybridized carbons (Fsp3) is 0.462. The van der Waals surface area contributed by atoms with Crippen molar-refractivity contribution < 1.29 is 9.53 Å². The molecule has 0 spiro atoms. The lowest BCUT2D eigenvalue weighted by atomic mass is 9.94. The lowest BCUT2D eigenvalue weighted by Gasteiger charge is -2.14. The average Bonchev–Trinajstić information content (AvgIpc) is 2.28. The Balaban J connectivity index is 2.69. The highest BCUT2D eigenvalue weighted by Gasteiger charge is 2.17. The number of rotatable bonds is 5. The molecule has 2 unspecified atom stereocenters. The highest BCUT2D eigenvalue weighted by atomic mass is 16.5. The van der Waals surface area contributed by atoms with Crippen LogP contribution in [0.2, 0.25) is 0 Å². The Morgan fingerprint density at radius 2 is 2.12 bits per heavy atom. The van der Waals surface area contributed by atoms with Crippen molar-refractivity contribution in [3.8, 4) is 5.75 Å². The van der Waals surface area contributed by atoms with E-state index in [1.165, 1.54) is 0 Å². The van der Waals surface area contributed by atoms with Gasteiger partial charge in [0.2, 0.25) is 0 Å². The molecule has 0 saturated carbocycles. The van der Waals surface area contributed by atoms with Crippen LogP contribution < -0.4 is 10.5 Å². The van der Waals surface area contributed by atoms with Crippen molar-refractivity contribution >= 4 is 5.78 Å². The lowest BCUT2D eigenvalue weighted by Crippen LogP contribution is -2.31. The van der Waals surface area contributed by atoms with Gasteiger partial charge in [-0.3, -0.25) is 4.79 Å². The van der Waals surface area contributed by atoms with Crippen molar-refractivity contribution in [1.29, 1.82) is 0 Å². The Kier molecular flexibility index (Phi) is 4.50. The smallest absolute Gasteiger partial charge is 0.141 e.